The number of benzene rings is 2. The molecule has 2 aliphatic heterocycles. The number of fused-ring (bicyclic) bond motifs is 1. The maximum atomic E-state index is 13.8. The molecule has 1 atom stereocenters. The second kappa shape index (κ2) is 14.7. The van der Waals surface area contributed by atoms with E-state index in [-0.39, 0.29) is 11.6 Å². The Morgan fingerprint density at radius 3 is 2.50 bits per heavy atom. The number of aryl methyl sites for hydroxylation is 1. The predicted octanol–water partition coefficient (Wildman–Crippen LogP) is 7.16. The smallest absolute Gasteiger partial charge is 0.393 e. The molecule has 2 aliphatic rings. The fourth-order valence-electron chi connectivity index (χ4n) is 6.53. The van der Waals surface area contributed by atoms with E-state index in [0.717, 1.165) is 103 Å². The van der Waals surface area contributed by atoms with Gasteiger partial charge in [0.15, 0.2) is 0 Å². The number of nitrogens with zero attached hydrogens (tertiary/aromatic N) is 1. The normalized spacial score (nSPS) is 17.0. The fourth-order valence-corrected chi connectivity index (χ4v) is 8.24. The summed E-state index contributed by atoms with van der Waals surface area (Å²) in [6.45, 7) is 8.19. The van der Waals surface area contributed by atoms with Gasteiger partial charge in [-0.3, -0.25) is 0 Å². The zero-order valence-electron chi connectivity index (χ0n) is 25.8. The summed E-state index contributed by atoms with van der Waals surface area (Å²) in [5.41, 5.74) is 4.27. The number of hydrogen-bond acceptors (Lipinski definition) is 6. The average molecular weight is 646 g/mol. The van der Waals surface area contributed by atoms with Gasteiger partial charge in [0.25, 0.3) is 0 Å². The van der Waals surface area contributed by atoms with Crippen molar-refractivity contribution in [1.82, 2.24) is 4.90 Å². The van der Waals surface area contributed by atoms with E-state index in [9.17, 15) is 13.2 Å². The molecule has 5 nitrogen and oxygen atoms in total. The van der Waals surface area contributed by atoms with Gasteiger partial charge in [-0.05, 0) is 72.5 Å². The minimum Gasteiger partial charge on any atom is -0.494 e. The molecule has 2 fully saturated rings. The number of rotatable bonds is 9. The van der Waals surface area contributed by atoms with Crippen LogP contribution in [-0.2, 0) is 24.0 Å². The number of anilines is 2. The lowest BCUT2D eigenvalue weighted by Crippen LogP contribution is -2.46. The highest BCUT2D eigenvalue weighted by molar-refractivity contribution is 7.27. The van der Waals surface area contributed by atoms with Crippen molar-refractivity contribution in [3.8, 4) is 17.6 Å². The number of likely N-dealkylation sites (tertiary alicyclic amines) is 1. The van der Waals surface area contributed by atoms with Gasteiger partial charge in [-0.1, -0.05) is 37.8 Å². The number of thiophene rings is 1. The molecule has 2 saturated heterocycles. The number of piperidine rings is 1. The van der Waals surface area contributed by atoms with Gasteiger partial charge in [0, 0.05) is 44.0 Å². The molecular formula is C34H43F3N3O2PS. The molecule has 0 bridgehead atoms. The van der Waals surface area contributed by atoms with Crippen LogP contribution in [0.3, 0.4) is 0 Å². The van der Waals surface area contributed by atoms with Crippen LogP contribution in [-0.4, -0.2) is 63.1 Å². The number of ether oxygens (including phenoxy) is 2. The fraction of sp³-hybridized carbons (Fsp3) is 0.529. The molecule has 2 aromatic carbocycles. The van der Waals surface area contributed by atoms with Crippen LogP contribution in [0.2, 0.25) is 0 Å². The van der Waals surface area contributed by atoms with Crippen LogP contribution in [0.4, 0.5) is 24.5 Å². The summed E-state index contributed by atoms with van der Waals surface area (Å²) in [5, 5.41) is 8.82. The summed E-state index contributed by atoms with van der Waals surface area (Å²) in [4.78, 5) is 3.05. The molecule has 1 aromatic heterocycles. The number of halogens is 3. The highest BCUT2D eigenvalue weighted by atomic mass is 32.1. The molecule has 2 N–H and O–H groups in total. The largest absolute Gasteiger partial charge is 0.494 e. The maximum Gasteiger partial charge on any atom is 0.393 e. The van der Waals surface area contributed by atoms with Crippen LogP contribution in [0.15, 0.2) is 24.3 Å². The minimum atomic E-state index is -4.33. The molecular weight excluding hydrogens is 602 g/mol. The number of hydrogen-bond donors (Lipinski definition) is 2. The predicted molar refractivity (Wildman–Crippen MR) is 180 cm³/mol. The molecule has 0 spiro atoms. The van der Waals surface area contributed by atoms with Crippen LogP contribution < -0.4 is 20.7 Å². The van der Waals surface area contributed by atoms with Gasteiger partial charge in [-0.15, -0.1) is 20.6 Å². The van der Waals surface area contributed by atoms with E-state index in [1.165, 1.54) is 11.3 Å². The standard InChI is InChI=1S/C34H43F3N3O2PS/c1-4-22-20-29(43)25(5-2)32(41-3)31(22)38-15-7-10-30-27(21-34(35,36)37)26-8-6-9-28(33(26)44-30)39-23-11-16-40(17-12-23)24-13-18-42-19-14-24/h6,8-9,20,23-24,38-39H,4-5,11-19,21,43H2,1-3H3. The van der Waals surface area contributed by atoms with Crippen LogP contribution in [0.25, 0.3) is 10.1 Å². The quantitative estimate of drug-likeness (QED) is 0.191. The number of methoxy groups -OCH3 is 1. The molecule has 44 heavy (non-hydrogen) atoms. The Kier molecular flexibility index (Phi) is 11.0. The first kappa shape index (κ1) is 32.9. The molecule has 5 rings (SSSR count). The van der Waals surface area contributed by atoms with Crippen LogP contribution in [0.1, 0.15) is 61.1 Å². The third kappa shape index (κ3) is 7.65. The zero-order chi connectivity index (χ0) is 31.3. The van der Waals surface area contributed by atoms with Crippen molar-refractivity contribution in [3.05, 3.63) is 45.8 Å². The Bertz CT molecular complexity index is 1500. The molecule has 0 saturated carbocycles. The SMILES string of the molecule is CCc1cc(P)c(CC)c(OC)c1NCC#Cc1sc2c(NC3CCN(C4CCOCC4)CC3)cccc2c1CC(F)(F)F. The van der Waals surface area contributed by atoms with Crippen molar-refractivity contribution in [2.45, 2.75) is 77.1 Å². The van der Waals surface area contributed by atoms with E-state index in [1.54, 1.807) is 13.2 Å². The third-order valence-electron chi connectivity index (χ3n) is 8.79. The van der Waals surface area contributed by atoms with Crippen molar-refractivity contribution < 1.29 is 22.6 Å². The summed E-state index contributed by atoms with van der Waals surface area (Å²) in [6, 6.07) is 8.65. The summed E-state index contributed by atoms with van der Waals surface area (Å²) in [7, 11) is 4.45. The Morgan fingerprint density at radius 2 is 1.84 bits per heavy atom. The van der Waals surface area contributed by atoms with Gasteiger partial charge in [0.2, 0.25) is 0 Å². The lowest BCUT2D eigenvalue weighted by molar-refractivity contribution is -0.126. The first-order valence-electron chi connectivity index (χ1n) is 15.6. The molecule has 238 valence electrons. The van der Waals surface area contributed by atoms with E-state index in [4.69, 9.17) is 9.47 Å². The molecule has 3 heterocycles. The highest BCUT2D eigenvalue weighted by Gasteiger charge is 2.32. The van der Waals surface area contributed by atoms with Crippen molar-refractivity contribution in [2.75, 3.05) is 50.6 Å². The Balaban J connectivity index is 1.36. The molecule has 0 aliphatic carbocycles. The molecule has 0 amide bonds. The molecule has 0 radical (unpaired) electrons. The van der Waals surface area contributed by atoms with Gasteiger partial charge in [0.05, 0.1) is 41.0 Å². The summed E-state index contributed by atoms with van der Waals surface area (Å²) in [6.07, 6.45) is 0.495. The minimum absolute atomic E-state index is 0.260. The van der Waals surface area contributed by atoms with Crippen molar-refractivity contribution >= 4 is 47.3 Å². The van der Waals surface area contributed by atoms with Gasteiger partial charge in [-0.25, -0.2) is 0 Å². The Hall–Kier alpha value is -2.50. The molecule has 1 unspecified atom stereocenters. The first-order valence-corrected chi connectivity index (χ1v) is 17.0. The molecule has 3 aromatic rings. The van der Waals surface area contributed by atoms with Crippen LogP contribution in [0, 0.1) is 11.8 Å². The first-order chi connectivity index (χ1) is 21.2. The average Bonchev–Trinajstić information content (AvgIpc) is 3.36. The van der Waals surface area contributed by atoms with Gasteiger partial charge in [0.1, 0.15) is 5.75 Å². The van der Waals surface area contributed by atoms with E-state index in [2.05, 4.69) is 56.5 Å². The summed E-state index contributed by atoms with van der Waals surface area (Å²) in [5.74, 6) is 7.01. The third-order valence-corrected chi connectivity index (χ3v) is 10.5. The Labute approximate surface area is 265 Å². The Morgan fingerprint density at radius 1 is 1.09 bits per heavy atom. The topological polar surface area (TPSA) is 45.8 Å². The summed E-state index contributed by atoms with van der Waals surface area (Å²) < 4.78 is 53.5. The van der Waals surface area contributed by atoms with Crippen molar-refractivity contribution in [3.63, 3.8) is 0 Å². The van der Waals surface area contributed by atoms with Crippen LogP contribution >= 0.6 is 20.6 Å². The lowest BCUT2D eigenvalue weighted by atomic mass is 9.99. The van der Waals surface area contributed by atoms with Crippen molar-refractivity contribution in [1.29, 1.82) is 0 Å². The number of alkyl halides is 3. The highest BCUT2D eigenvalue weighted by Crippen LogP contribution is 2.40. The maximum absolute atomic E-state index is 13.8. The number of nitrogens with one attached hydrogen (secondary N) is 2. The lowest BCUT2D eigenvalue weighted by Gasteiger charge is -2.39. The van der Waals surface area contributed by atoms with Crippen LogP contribution in [0.5, 0.6) is 5.75 Å². The van der Waals surface area contributed by atoms with Gasteiger partial charge >= 0.3 is 6.18 Å². The second-order valence-corrected chi connectivity index (χ2v) is 13.2. The van der Waals surface area contributed by atoms with E-state index < -0.39 is 12.6 Å². The molecule has 10 heteroatoms. The van der Waals surface area contributed by atoms with Crippen molar-refractivity contribution in [2.24, 2.45) is 0 Å². The van der Waals surface area contributed by atoms with Gasteiger partial charge < -0.3 is 25.0 Å². The van der Waals surface area contributed by atoms with E-state index in [0.29, 0.717) is 22.8 Å². The van der Waals surface area contributed by atoms with E-state index >= 15 is 0 Å². The summed E-state index contributed by atoms with van der Waals surface area (Å²) >= 11 is 1.36. The van der Waals surface area contributed by atoms with E-state index in [1.807, 2.05) is 12.1 Å². The van der Waals surface area contributed by atoms with Gasteiger partial charge in [-0.2, -0.15) is 13.2 Å². The monoisotopic (exact) mass is 645 g/mol. The second-order valence-electron chi connectivity index (χ2n) is 11.6. The zero-order valence-corrected chi connectivity index (χ0v) is 27.8.